The lowest BCUT2D eigenvalue weighted by Gasteiger charge is -2.15. The summed E-state index contributed by atoms with van der Waals surface area (Å²) in [6.45, 7) is 1.53. The number of hydrogen-bond donors (Lipinski definition) is 1. The fourth-order valence-electron chi connectivity index (χ4n) is 1.65. The largest absolute Gasteiger partial charge is 0.464 e. The zero-order valence-electron chi connectivity index (χ0n) is 12.1. The van der Waals surface area contributed by atoms with Gasteiger partial charge < -0.3 is 10.5 Å². The second kappa shape index (κ2) is 7.86. The van der Waals surface area contributed by atoms with Crippen LogP contribution < -0.4 is 10.5 Å². The van der Waals surface area contributed by atoms with Crippen molar-refractivity contribution in [2.24, 2.45) is 0 Å². The van der Waals surface area contributed by atoms with Crippen molar-refractivity contribution in [2.45, 2.75) is 18.8 Å². The fourth-order valence-corrected chi connectivity index (χ4v) is 2.80. The second-order valence-corrected chi connectivity index (χ2v) is 6.34. The Kier molecular flexibility index (Phi) is 6.10. The number of aromatic nitrogens is 1. The monoisotopic (exact) mass is 374 g/mol. The summed E-state index contributed by atoms with van der Waals surface area (Å²) >= 11 is 12.6. The van der Waals surface area contributed by atoms with E-state index >= 15 is 0 Å². The molecule has 0 aliphatic rings. The summed E-state index contributed by atoms with van der Waals surface area (Å²) in [4.78, 5) is 15.6. The van der Waals surface area contributed by atoms with E-state index in [9.17, 15) is 9.18 Å². The molecule has 2 rings (SSSR count). The van der Waals surface area contributed by atoms with Crippen molar-refractivity contribution in [1.29, 1.82) is 0 Å². The van der Waals surface area contributed by atoms with Crippen LogP contribution >= 0.6 is 35.0 Å². The van der Waals surface area contributed by atoms with E-state index in [4.69, 9.17) is 33.7 Å². The van der Waals surface area contributed by atoms with E-state index in [1.54, 1.807) is 0 Å². The van der Waals surface area contributed by atoms with Gasteiger partial charge in [0, 0.05) is 5.75 Å². The summed E-state index contributed by atoms with van der Waals surface area (Å²) in [5.74, 6) is -0.751. The summed E-state index contributed by atoms with van der Waals surface area (Å²) in [5, 5.41) is -0.732. The van der Waals surface area contributed by atoms with E-state index in [1.165, 1.54) is 6.92 Å². The predicted octanol–water partition coefficient (Wildman–Crippen LogP) is 4.34. The average molecular weight is 375 g/mol. The van der Waals surface area contributed by atoms with E-state index < -0.39 is 12.1 Å². The molecule has 1 aromatic heterocycles. The highest BCUT2D eigenvalue weighted by molar-refractivity contribution is 8.13. The van der Waals surface area contributed by atoms with Gasteiger partial charge in [0.05, 0.1) is 5.69 Å². The summed E-state index contributed by atoms with van der Waals surface area (Å²) in [5.41, 5.74) is 6.39. The Labute approximate surface area is 147 Å². The molecule has 0 aliphatic carbocycles. The molecule has 8 heteroatoms. The molecule has 0 fully saturated rings. The quantitative estimate of drug-likeness (QED) is 0.788. The van der Waals surface area contributed by atoms with E-state index in [-0.39, 0.29) is 26.7 Å². The molecule has 23 heavy (non-hydrogen) atoms. The van der Waals surface area contributed by atoms with Crippen LogP contribution in [0.1, 0.15) is 12.5 Å². The first kappa shape index (κ1) is 17.8. The first-order valence-corrected chi connectivity index (χ1v) is 8.31. The van der Waals surface area contributed by atoms with E-state index in [0.717, 1.165) is 17.3 Å². The molecule has 122 valence electrons. The third-order valence-electron chi connectivity index (χ3n) is 2.89. The number of rotatable bonds is 5. The number of hydrogen-bond acceptors (Lipinski definition) is 5. The number of pyridine rings is 1. The van der Waals surface area contributed by atoms with Crippen molar-refractivity contribution in [3.63, 3.8) is 0 Å². The Bertz CT molecular complexity index is 716. The first-order chi connectivity index (χ1) is 10.9. The number of nitrogens with zero attached hydrogens (tertiary/aromatic N) is 1. The minimum atomic E-state index is -1.000. The standard InChI is InChI=1S/C15H13Cl2FN2O2S/c1-8(15(21)23-7-9-5-3-2-4-6-9)22-14-11(17)12(19)10(16)13(18)20-14/h2-6,8H,7H2,1H3,(H2,19,20)/t8-/m1/s1. The number of ether oxygens (including phenoxy) is 1. The smallest absolute Gasteiger partial charge is 0.238 e. The molecule has 0 unspecified atom stereocenters. The number of thioether (sulfide) groups is 1. The zero-order chi connectivity index (χ0) is 17.0. The van der Waals surface area contributed by atoms with Crippen LogP contribution in [0.15, 0.2) is 30.3 Å². The molecular formula is C15H13Cl2FN2O2S. The number of anilines is 1. The summed E-state index contributed by atoms with van der Waals surface area (Å²) < 4.78 is 18.8. The second-order valence-electron chi connectivity index (χ2n) is 4.60. The highest BCUT2D eigenvalue weighted by Gasteiger charge is 2.21. The van der Waals surface area contributed by atoms with Crippen LogP contribution in [0, 0.1) is 5.95 Å². The molecule has 1 aromatic carbocycles. The van der Waals surface area contributed by atoms with Gasteiger partial charge in [0.2, 0.25) is 16.9 Å². The molecular weight excluding hydrogens is 362 g/mol. The number of carbonyl (C=O) groups excluding carboxylic acids is 1. The van der Waals surface area contributed by atoms with Crippen LogP contribution in [-0.4, -0.2) is 16.2 Å². The molecule has 1 heterocycles. The molecule has 0 radical (unpaired) electrons. The lowest BCUT2D eigenvalue weighted by molar-refractivity contribution is -0.116. The molecule has 2 N–H and O–H groups in total. The zero-order valence-corrected chi connectivity index (χ0v) is 14.4. The van der Waals surface area contributed by atoms with Crippen molar-refractivity contribution in [2.75, 3.05) is 5.73 Å². The van der Waals surface area contributed by atoms with E-state index in [0.29, 0.717) is 5.75 Å². The van der Waals surface area contributed by atoms with Crippen molar-refractivity contribution in [1.82, 2.24) is 4.98 Å². The molecule has 0 bridgehead atoms. The van der Waals surface area contributed by atoms with Gasteiger partial charge in [0.25, 0.3) is 0 Å². The van der Waals surface area contributed by atoms with Crippen LogP contribution in [0.25, 0.3) is 0 Å². The molecule has 0 saturated carbocycles. The maximum Gasteiger partial charge on any atom is 0.238 e. The number of nitrogens with two attached hydrogens (primary N) is 1. The van der Waals surface area contributed by atoms with Gasteiger partial charge in [0.1, 0.15) is 10.0 Å². The topological polar surface area (TPSA) is 65.2 Å². The Morgan fingerprint density at radius 3 is 2.65 bits per heavy atom. The molecule has 4 nitrogen and oxygen atoms in total. The van der Waals surface area contributed by atoms with E-state index in [1.807, 2.05) is 30.3 Å². The van der Waals surface area contributed by atoms with Crippen molar-refractivity contribution >= 4 is 45.8 Å². The minimum absolute atomic E-state index is 0.121. The Balaban J connectivity index is 2.01. The molecule has 0 saturated heterocycles. The fraction of sp³-hybridized carbons (Fsp3) is 0.200. The summed E-state index contributed by atoms with van der Waals surface area (Å²) in [6, 6.07) is 9.51. The number of carbonyl (C=O) groups is 1. The SMILES string of the molecule is C[C@@H](Oc1nc(F)c(Cl)c(N)c1Cl)C(=O)SCc1ccccc1. The van der Waals surface area contributed by atoms with Gasteiger partial charge in [-0.1, -0.05) is 65.3 Å². The normalized spacial score (nSPS) is 12.0. The van der Waals surface area contributed by atoms with E-state index in [2.05, 4.69) is 4.98 Å². The van der Waals surface area contributed by atoms with Gasteiger partial charge in [-0.15, -0.1) is 0 Å². The van der Waals surface area contributed by atoms with Gasteiger partial charge in [-0.3, -0.25) is 4.79 Å². The molecule has 2 aromatic rings. The van der Waals surface area contributed by atoms with Crippen LogP contribution in [0.3, 0.4) is 0 Å². The van der Waals surface area contributed by atoms with Crippen LogP contribution in [0.5, 0.6) is 5.88 Å². The van der Waals surface area contributed by atoms with Crippen molar-refractivity contribution in [3.8, 4) is 5.88 Å². The molecule has 0 amide bonds. The van der Waals surface area contributed by atoms with Crippen LogP contribution in [-0.2, 0) is 10.5 Å². The van der Waals surface area contributed by atoms with Gasteiger partial charge in [0.15, 0.2) is 6.10 Å². The third-order valence-corrected chi connectivity index (χ3v) is 4.70. The highest BCUT2D eigenvalue weighted by atomic mass is 35.5. The first-order valence-electron chi connectivity index (χ1n) is 6.57. The van der Waals surface area contributed by atoms with Gasteiger partial charge in [-0.05, 0) is 12.5 Å². The molecule has 0 aliphatic heterocycles. The maximum atomic E-state index is 13.5. The van der Waals surface area contributed by atoms with Crippen molar-refractivity contribution in [3.05, 3.63) is 51.9 Å². The maximum absolute atomic E-state index is 13.5. The van der Waals surface area contributed by atoms with Crippen LogP contribution in [0.4, 0.5) is 10.1 Å². The predicted molar refractivity (Wildman–Crippen MR) is 91.5 cm³/mol. The highest BCUT2D eigenvalue weighted by Crippen LogP contribution is 2.35. The third kappa shape index (κ3) is 4.50. The number of halogens is 3. The summed E-state index contributed by atoms with van der Waals surface area (Å²) in [7, 11) is 0. The van der Waals surface area contributed by atoms with Gasteiger partial charge in [-0.2, -0.15) is 9.37 Å². The lowest BCUT2D eigenvalue weighted by Crippen LogP contribution is -2.22. The van der Waals surface area contributed by atoms with Gasteiger partial charge in [-0.25, -0.2) is 0 Å². The number of nitrogen functional groups attached to an aromatic ring is 1. The lowest BCUT2D eigenvalue weighted by atomic mass is 10.2. The summed E-state index contributed by atoms with van der Waals surface area (Å²) in [6.07, 6.45) is -0.867. The minimum Gasteiger partial charge on any atom is -0.464 e. The Morgan fingerprint density at radius 1 is 1.35 bits per heavy atom. The molecule has 0 spiro atoms. The Morgan fingerprint density at radius 2 is 2.00 bits per heavy atom. The number of benzene rings is 1. The van der Waals surface area contributed by atoms with Crippen LogP contribution in [0.2, 0.25) is 10.0 Å². The van der Waals surface area contributed by atoms with Gasteiger partial charge >= 0.3 is 0 Å². The Hall–Kier alpha value is -1.50. The van der Waals surface area contributed by atoms with Crippen molar-refractivity contribution < 1.29 is 13.9 Å². The average Bonchev–Trinajstić information content (AvgIpc) is 2.56. The molecule has 1 atom stereocenters.